The van der Waals surface area contributed by atoms with Crippen LogP contribution in [0.4, 0.5) is 4.79 Å². The molecule has 0 saturated carbocycles. The predicted molar refractivity (Wildman–Crippen MR) is 54.0 cm³/mol. The Labute approximate surface area is 88.4 Å². The maximum atomic E-state index is 11.6. The zero-order chi connectivity index (χ0) is 11.6. The number of carbonyl (C=O) groups is 2. The maximum absolute atomic E-state index is 11.6. The Morgan fingerprint density at radius 3 is 2.53 bits per heavy atom. The summed E-state index contributed by atoms with van der Waals surface area (Å²) >= 11 is 0. The Morgan fingerprint density at radius 1 is 1.60 bits per heavy atom. The van der Waals surface area contributed by atoms with Gasteiger partial charge in [-0.1, -0.05) is 6.92 Å². The highest BCUT2D eigenvalue weighted by molar-refractivity contribution is 5.86. The second-order valence-electron chi connectivity index (χ2n) is 4.00. The van der Waals surface area contributed by atoms with Crippen molar-refractivity contribution in [3.05, 3.63) is 0 Å². The lowest BCUT2D eigenvalue weighted by Crippen LogP contribution is -2.66. The molecule has 6 nitrogen and oxygen atoms in total. The van der Waals surface area contributed by atoms with Gasteiger partial charge in [0, 0.05) is 0 Å². The largest absolute Gasteiger partial charge is 0.386 e. The van der Waals surface area contributed by atoms with Crippen molar-refractivity contribution in [2.75, 3.05) is 13.1 Å². The van der Waals surface area contributed by atoms with E-state index in [0.29, 0.717) is 19.5 Å². The van der Waals surface area contributed by atoms with Crippen LogP contribution in [0.1, 0.15) is 20.3 Å². The molecule has 15 heavy (non-hydrogen) atoms. The number of nitrogens with zero attached hydrogens (tertiary/aromatic N) is 1. The number of aliphatic hydroxyl groups is 1. The molecule has 0 radical (unpaired) electrons. The fourth-order valence-electron chi connectivity index (χ4n) is 1.59. The van der Waals surface area contributed by atoms with E-state index in [1.54, 1.807) is 6.92 Å². The third kappa shape index (κ3) is 2.59. The van der Waals surface area contributed by atoms with Gasteiger partial charge in [-0.05, 0) is 13.3 Å². The van der Waals surface area contributed by atoms with Crippen molar-refractivity contribution < 1.29 is 14.7 Å². The zero-order valence-electron chi connectivity index (χ0n) is 8.99. The molecule has 0 aromatic carbocycles. The number of primary amides is 1. The van der Waals surface area contributed by atoms with Gasteiger partial charge in [-0.15, -0.1) is 0 Å². The van der Waals surface area contributed by atoms with Gasteiger partial charge in [0.25, 0.3) is 0 Å². The number of β-amino-alcohol motifs (C(OH)–C–C–N with tert-alkyl or cyclic N) is 1. The van der Waals surface area contributed by atoms with E-state index in [9.17, 15) is 14.7 Å². The van der Waals surface area contributed by atoms with Gasteiger partial charge in [-0.3, -0.25) is 4.79 Å². The molecule has 0 aromatic heterocycles. The average molecular weight is 215 g/mol. The first-order chi connectivity index (χ1) is 6.88. The quantitative estimate of drug-likeness (QED) is 0.565. The van der Waals surface area contributed by atoms with E-state index in [0.717, 1.165) is 0 Å². The molecule has 1 aliphatic rings. The van der Waals surface area contributed by atoms with E-state index in [2.05, 4.69) is 5.32 Å². The Hall–Kier alpha value is -1.30. The number of likely N-dealkylation sites (tertiary alicyclic amines) is 1. The van der Waals surface area contributed by atoms with Crippen LogP contribution in [-0.4, -0.2) is 46.7 Å². The number of hydrogen-bond acceptors (Lipinski definition) is 3. The number of carbonyl (C=O) groups excluding carboxylic acids is 2. The minimum Gasteiger partial charge on any atom is -0.386 e. The van der Waals surface area contributed by atoms with Gasteiger partial charge in [0.15, 0.2) is 0 Å². The lowest BCUT2D eigenvalue weighted by atomic mass is 9.91. The zero-order valence-corrected chi connectivity index (χ0v) is 8.99. The Kier molecular flexibility index (Phi) is 3.18. The topological polar surface area (TPSA) is 95.7 Å². The van der Waals surface area contributed by atoms with Gasteiger partial charge < -0.3 is 21.1 Å². The van der Waals surface area contributed by atoms with Crippen LogP contribution in [0.2, 0.25) is 0 Å². The second kappa shape index (κ2) is 4.06. The molecule has 0 aromatic rings. The number of nitrogens with one attached hydrogen (secondary N) is 1. The molecular formula is C9H17N3O3. The van der Waals surface area contributed by atoms with Crippen molar-refractivity contribution in [3.8, 4) is 0 Å². The fraction of sp³-hybridized carbons (Fsp3) is 0.778. The summed E-state index contributed by atoms with van der Waals surface area (Å²) in [5.41, 5.74) is 4.15. The van der Waals surface area contributed by atoms with E-state index >= 15 is 0 Å². The number of nitrogens with two attached hydrogens (primary N) is 1. The van der Waals surface area contributed by atoms with Crippen molar-refractivity contribution in [3.63, 3.8) is 0 Å². The summed E-state index contributed by atoms with van der Waals surface area (Å²) < 4.78 is 0. The molecule has 0 aliphatic carbocycles. The minimum atomic E-state index is -0.748. The molecule has 4 N–H and O–H groups in total. The van der Waals surface area contributed by atoms with Gasteiger partial charge in [0.2, 0.25) is 5.91 Å². The highest BCUT2D eigenvalue weighted by Crippen LogP contribution is 2.24. The maximum Gasteiger partial charge on any atom is 0.312 e. The first-order valence-electron chi connectivity index (χ1n) is 4.95. The minimum absolute atomic E-state index is 0.216. The molecule has 1 atom stereocenters. The highest BCUT2D eigenvalue weighted by atomic mass is 16.3. The molecule has 3 amide bonds. The lowest BCUT2D eigenvalue weighted by molar-refractivity contribution is -0.157. The predicted octanol–water partition coefficient (Wildman–Crippen LogP) is -0.973. The molecule has 0 spiro atoms. The smallest absolute Gasteiger partial charge is 0.312 e. The van der Waals surface area contributed by atoms with Gasteiger partial charge in [-0.2, -0.15) is 0 Å². The second-order valence-corrected chi connectivity index (χ2v) is 4.00. The number of urea groups is 1. The van der Waals surface area contributed by atoms with Gasteiger partial charge in [-0.25, -0.2) is 4.79 Å². The van der Waals surface area contributed by atoms with Crippen LogP contribution in [0.3, 0.4) is 0 Å². The summed E-state index contributed by atoms with van der Waals surface area (Å²) in [4.78, 5) is 23.6. The SMILES string of the molecule is CCC1(O)CN(C(=O)C(C)NC(N)=O)C1. The van der Waals surface area contributed by atoms with Gasteiger partial charge in [0.05, 0.1) is 18.7 Å². The summed E-state index contributed by atoms with van der Waals surface area (Å²) in [6.45, 7) is 4.09. The normalized spacial score (nSPS) is 20.3. The third-order valence-electron chi connectivity index (χ3n) is 2.67. The molecular weight excluding hydrogens is 198 g/mol. The van der Waals surface area contributed by atoms with Crippen LogP contribution in [0.25, 0.3) is 0 Å². The van der Waals surface area contributed by atoms with E-state index in [1.807, 2.05) is 6.92 Å². The number of hydrogen-bond donors (Lipinski definition) is 3. The monoisotopic (exact) mass is 215 g/mol. The standard InChI is InChI=1S/C9H17N3O3/c1-3-9(15)4-12(5-9)7(13)6(2)11-8(10)14/h6,15H,3-5H2,1-2H3,(H3,10,11,14). The molecule has 1 unspecified atom stereocenters. The van der Waals surface area contributed by atoms with E-state index in [4.69, 9.17) is 5.73 Å². The molecule has 1 rings (SSSR count). The lowest BCUT2D eigenvalue weighted by Gasteiger charge is -2.46. The Morgan fingerprint density at radius 2 is 2.13 bits per heavy atom. The molecule has 1 saturated heterocycles. The average Bonchev–Trinajstić information content (AvgIpc) is 2.10. The van der Waals surface area contributed by atoms with Crippen LogP contribution in [0, 0.1) is 0 Å². The summed E-state index contributed by atoms with van der Waals surface area (Å²) in [7, 11) is 0. The summed E-state index contributed by atoms with van der Waals surface area (Å²) in [6.07, 6.45) is 0.619. The van der Waals surface area contributed by atoms with Crippen molar-refractivity contribution in [1.82, 2.24) is 10.2 Å². The third-order valence-corrected chi connectivity index (χ3v) is 2.67. The van der Waals surface area contributed by atoms with Crippen LogP contribution in [-0.2, 0) is 4.79 Å². The van der Waals surface area contributed by atoms with Gasteiger partial charge in [0.1, 0.15) is 6.04 Å². The first-order valence-corrected chi connectivity index (χ1v) is 4.95. The van der Waals surface area contributed by atoms with Crippen molar-refractivity contribution in [1.29, 1.82) is 0 Å². The van der Waals surface area contributed by atoms with Crippen LogP contribution < -0.4 is 11.1 Å². The van der Waals surface area contributed by atoms with Gasteiger partial charge >= 0.3 is 6.03 Å². The first kappa shape index (κ1) is 11.8. The van der Waals surface area contributed by atoms with E-state index in [1.165, 1.54) is 4.90 Å². The van der Waals surface area contributed by atoms with Crippen LogP contribution in [0.15, 0.2) is 0 Å². The molecule has 1 aliphatic heterocycles. The molecule has 6 heteroatoms. The summed E-state index contributed by atoms with van der Waals surface area (Å²) in [5.74, 6) is -0.216. The molecule has 0 bridgehead atoms. The highest BCUT2D eigenvalue weighted by Gasteiger charge is 2.43. The summed E-state index contributed by atoms with van der Waals surface area (Å²) in [5, 5.41) is 12.0. The number of amides is 3. The molecule has 1 heterocycles. The Bertz CT molecular complexity index is 274. The molecule has 1 fully saturated rings. The van der Waals surface area contributed by atoms with Crippen molar-refractivity contribution in [2.45, 2.75) is 31.9 Å². The van der Waals surface area contributed by atoms with Crippen molar-refractivity contribution >= 4 is 11.9 Å². The fourth-order valence-corrected chi connectivity index (χ4v) is 1.59. The van der Waals surface area contributed by atoms with E-state index in [-0.39, 0.29) is 5.91 Å². The molecule has 86 valence electrons. The van der Waals surface area contributed by atoms with Crippen LogP contribution in [0.5, 0.6) is 0 Å². The van der Waals surface area contributed by atoms with E-state index < -0.39 is 17.7 Å². The summed E-state index contributed by atoms with van der Waals surface area (Å²) in [6, 6.07) is -1.36. The Balaban J connectivity index is 2.41. The van der Waals surface area contributed by atoms with Crippen molar-refractivity contribution in [2.24, 2.45) is 5.73 Å². The number of rotatable bonds is 3. The van der Waals surface area contributed by atoms with Crippen LogP contribution >= 0.6 is 0 Å².